The number of rotatable bonds is 3. The van der Waals surface area contributed by atoms with Crippen molar-refractivity contribution in [3.05, 3.63) is 28.3 Å². The van der Waals surface area contributed by atoms with E-state index in [0.717, 1.165) is 37.1 Å². The van der Waals surface area contributed by atoms with E-state index < -0.39 is 0 Å². The van der Waals surface area contributed by atoms with Gasteiger partial charge in [-0.1, -0.05) is 24.6 Å². The van der Waals surface area contributed by atoms with Crippen LogP contribution in [0.3, 0.4) is 0 Å². The van der Waals surface area contributed by atoms with Crippen molar-refractivity contribution in [3.63, 3.8) is 0 Å². The molecule has 22 heavy (non-hydrogen) atoms. The highest BCUT2D eigenvalue weighted by atomic mass is 35.5. The fraction of sp³-hybridized carbons (Fsp3) is 0.529. The topological polar surface area (TPSA) is 49.4 Å². The Morgan fingerprint density at radius 3 is 2.73 bits per heavy atom. The monoisotopic (exact) mass is 322 g/mol. The lowest BCUT2D eigenvalue weighted by molar-refractivity contribution is -0.136. The van der Waals surface area contributed by atoms with E-state index >= 15 is 0 Å². The Labute approximate surface area is 136 Å². The number of amides is 2. The molecule has 0 bridgehead atoms. The minimum absolute atomic E-state index is 0.107. The summed E-state index contributed by atoms with van der Waals surface area (Å²) in [6.07, 6.45) is 2.03. The highest BCUT2D eigenvalue weighted by Crippen LogP contribution is 2.27. The molecule has 1 aromatic carbocycles. The molecule has 120 valence electrons. The number of benzene rings is 1. The maximum atomic E-state index is 12.2. The normalized spacial score (nSPS) is 18.2. The lowest BCUT2D eigenvalue weighted by Gasteiger charge is -2.30. The number of hydrogen-bond donors (Lipinski definition) is 1. The number of carbonyl (C=O) groups is 2. The summed E-state index contributed by atoms with van der Waals surface area (Å²) in [4.78, 5) is 26.1. The Morgan fingerprint density at radius 1 is 1.36 bits per heavy atom. The summed E-state index contributed by atoms with van der Waals surface area (Å²) >= 11 is 6.17. The van der Waals surface area contributed by atoms with Crippen LogP contribution in [-0.2, 0) is 9.59 Å². The van der Waals surface area contributed by atoms with Crippen LogP contribution in [0, 0.1) is 19.8 Å². The Morgan fingerprint density at radius 2 is 2.09 bits per heavy atom. The number of carbonyl (C=O) groups excluding carboxylic acids is 2. The lowest BCUT2D eigenvalue weighted by Crippen LogP contribution is -2.40. The summed E-state index contributed by atoms with van der Waals surface area (Å²) in [7, 11) is 0. The van der Waals surface area contributed by atoms with Crippen LogP contribution in [0.1, 0.15) is 37.3 Å². The van der Waals surface area contributed by atoms with Crippen LogP contribution in [0.15, 0.2) is 12.1 Å². The van der Waals surface area contributed by atoms with Crippen LogP contribution in [0.25, 0.3) is 0 Å². The van der Waals surface area contributed by atoms with E-state index in [1.807, 2.05) is 19.9 Å². The summed E-state index contributed by atoms with van der Waals surface area (Å²) in [5.74, 6) is 0.0940. The third-order valence-corrected chi connectivity index (χ3v) is 4.32. The van der Waals surface area contributed by atoms with Gasteiger partial charge in [-0.2, -0.15) is 0 Å². The predicted molar refractivity (Wildman–Crippen MR) is 89.2 cm³/mol. The summed E-state index contributed by atoms with van der Waals surface area (Å²) in [5.41, 5.74) is 2.54. The quantitative estimate of drug-likeness (QED) is 0.865. The first-order chi connectivity index (χ1) is 10.4. The number of piperidine rings is 1. The van der Waals surface area contributed by atoms with Gasteiger partial charge in [0.2, 0.25) is 11.8 Å². The molecule has 0 radical (unpaired) electrons. The summed E-state index contributed by atoms with van der Waals surface area (Å²) in [5, 5.41) is 3.27. The zero-order valence-corrected chi connectivity index (χ0v) is 14.2. The highest BCUT2D eigenvalue weighted by molar-refractivity contribution is 6.34. The van der Waals surface area contributed by atoms with Crippen LogP contribution in [-0.4, -0.2) is 29.8 Å². The molecule has 1 aliphatic rings. The minimum Gasteiger partial charge on any atom is -0.342 e. The Hall–Kier alpha value is -1.55. The fourth-order valence-electron chi connectivity index (χ4n) is 2.92. The second-order valence-corrected chi connectivity index (χ2v) is 6.66. The van der Waals surface area contributed by atoms with Gasteiger partial charge in [-0.05, 0) is 49.8 Å². The molecule has 5 heteroatoms. The van der Waals surface area contributed by atoms with Gasteiger partial charge in [0, 0.05) is 13.1 Å². The largest absolute Gasteiger partial charge is 0.342 e. The van der Waals surface area contributed by atoms with Crippen molar-refractivity contribution in [1.82, 2.24) is 4.90 Å². The van der Waals surface area contributed by atoms with Crippen molar-refractivity contribution in [1.29, 1.82) is 0 Å². The molecular formula is C17H23ClN2O2. The maximum absolute atomic E-state index is 12.2. The van der Waals surface area contributed by atoms with Crippen LogP contribution in [0.4, 0.5) is 5.69 Å². The Kier molecular flexibility index (Phi) is 5.46. The van der Waals surface area contributed by atoms with Gasteiger partial charge in [0.25, 0.3) is 0 Å². The summed E-state index contributed by atoms with van der Waals surface area (Å²) < 4.78 is 0. The molecule has 1 heterocycles. The van der Waals surface area contributed by atoms with Crippen LogP contribution < -0.4 is 5.32 Å². The highest BCUT2D eigenvalue weighted by Gasteiger charge is 2.23. The third kappa shape index (κ3) is 4.23. The molecule has 1 N–H and O–H groups in total. The molecule has 1 atom stereocenters. The van der Waals surface area contributed by atoms with E-state index in [-0.39, 0.29) is 18.2 Å². The van der Waals surface area contributed by atoms with E-state index in [0.29, 0.717) is 16.6 Å². The number of aryl methyl sites for hydroxylation is 2. The number of nitrogens with zero attached hydrogens (tertiary/aromatic N) is 1. The van der Waals surface area contributed by atoms with Crippen molar-refractivity contribution in [2.45, 2.75) is 40.0 Å². The third-order valence-electron chi connectivity index (χ3n) is 4.02. The molecule has 2 amide bonds. The Bertz CT molecular complexity index is 563. The van der Waals surface area contributed by atoms with Gasteiger partial charge >= 0.3 is 0 Å². The zero-order chi connectivity index (χ0) is 16.3. The van der Waals surface area contributed by atoms with Crippen molar-refractivity contribution in [2.75, 3.05) is 18.4 Å². The SMILES string of the molecule is Cc1cc(C)c(NC(=O)CC(=O)N2CCCC(C)C2)c(Cl)c1. The first kappa shape index (κ1) is 16.8. The van der Waals surface area contributed by atoms with E-state index in [2.05, 4.69) is 12.2 Å². The number of hydrogen-bond acceptors (Lipinski definition) is 2. The zero-order valence-electron chi connectivity index (χ0n) is 13.4. The van der Waals surface area contributed by atoms with Crippen molar-refractivity contribution in [3.8, 4) is 0 Å². The van der Waals surface area contributed by atoms with Gasteiger partial charge in [-0.25, -0.2) is 0 Å². The van der Waals surface area contributed by atoms with Gasteiger partial charge in [0.05, 0.1) is 10.7 Å². The fourth-order valence-corrected chi connectivity index (χ4v) is 3.29. The lowest BCUT2D eigenvalue weighted by atomic mass is 10.00. The first-order valence-corrected chi connectivity index (χ1v) is 8.09. The second-order valence-electron chi connectivity index (χ2n) is 6.25. The van der Waals surface area contributed by atoms with Crippen LogP contribution in [0.2, 0.25) is 5.02 Å². The first-order valence-electron chi connectivity index (χ1n) is 7.71. The average molecular weight is 323 g/mol. The molecule has 0 aromatic heterocycles. The number of halogens is 1. The van der Waals surface area contributed by atoms with Crippen molar-refractivity contribution < 1.29 is 9.59 Å². The van der Waals surface area contributed by atoms with E-state index in [4.69, 9.17) is 11.6 Å². The molecule has 4 nitrogen and oxygen atoms in total. The Balaban J connectivity index is 1.97. The molecule has 1 saturated heterocycles. The van der Waals surface area contributed by atoms with Gasteiger partial charge < -0.3 is 10.2 Å². The smallest absolute Gasteiger partial charge is 0.233 e. The minimum atomic E-state index is -0.308. The van der Waals surface area contributed by atoms with Gasteiger partial charge in [-0.3, -0.25) is 9.59 Å². The molecule has 1 aromatic rings. The van der Waals surface area contributed by atoms with Crippen LogP contribution >= 0.6 is 11.6 Å². The van der Waals surface area contributed by atoms with E-state index in [1.54, 1.807) is 11.0 Å². The number of anilines is 1. The molecule has 1 unspecified atom stereocenters. The predicted octanol–water partition coefficient (Wildman–Crippen LogP) is 3.54. The standard InChI is InChI=1S/C17H23ClN2O2/c1-11-5-4-6-20(10-11)16(22)9-15(21)19-17-13(3)7-12(2)8-14(17)18/h7-8,11H,4-6,9-10H2,1-3H3,(H,19,21). The number of likely N-dealkylation sites (tertiary alicyclic amines) is 1. The number of nitrogens with one attached hydrogen (secondary N) is 1. The van der Waals surface area contributed by atoms with E-state index in [1.165, 1.54) is 0 Å². The molecule has 0 aliphatic carbocycles. The van der Waals surface area contributed by atoms with Gasteiger partial charge in [-0.15, -0.1) is 0 Å². The van der Waals surface area contributed by atoms with Crippen LogP contribution in [0.5, 0.6) is 0 Å². The van der Waals surface area contributed by atoms with Gasteiger partial charge in [0.1, 0.15) is 6.42 Å². The van der Waals surface area contributed by atoms with E-state index in [9.17, 15) is 9.59 Å². The second kappa shape index (κ2) is 7.14. The summed E-state index contributed by atoms with van der Waals surface area (Å²) in [6, 6.07) is 3.76. The maximum Gasteiger partial charge on any atom is 0.233 e. The van der Waals surface area contributed by atoms with Crippen molar-refractivity contribution in [2.24, 2.45) is 5.92 Å². The molecule has 2 rings (SSSR count). The van der Waals surface area contributed by atoms with Crippen molar-refractivity contribution >= 4 is 29.1 Å². The molecular weight excluding hydrogens is 300 g/mol. The molecule has 1 fully saturated rings. The van der Waals surface area contributed by atoms with Gasteiger partial charge in [0.15, 0.2) is 0 Å². The molecule has 1 aliphatic heterocycles. The summed E-state index contributed by atoms with van der Waals surface area (Å²) in [6.45, 7) is 7.47. The molecule has 0 spiro atoms. The average Bonchev–Trinajstić information content (AvgIpc) is 2.42. The molecule has 0 saturated carbocycles.